The smallest absolute Gasteiger partial charge is 0.768 e. The Bertz CT molecular complexity index is 305. The van der Waals surface area contributed by atoms with E-state index in [9.17, 15) is 13.2 Å². The Labute approximate surface area is 93.2 Å². The summed E-state index contributed by atoms with van der Waals surface area (Å²) < 4.78 is 32.8. The van der Waals surface area contributed by atoms with E-state index in [1.165, 1.54) is 0 Å². The van der Waals surface area contributed by atoms with Crippen LogP contribution in [-0.2, 0) is 11.1 Å². The van der Waals surface area contributed by atoms with Gasteiger partial charge in [-0.2, -0.15) is 0 Å². The van der Waals surface area contributed by atoms with Crippen molar-refractivity contribution in [2.24, 2.45) is 0 Å². The number of rotatable bonds is 1. The van der Waals surface area contributed by atoms with Crippen molar-refractivity contribution < 1.29 is 47.8 Å². The summed E-state index contributed by atoms with van der Waals surface area (Å²) in [7, 11) is 0. The van der Waals surface area contributed by atoms with E-state index >= 15 is 0 Å². The molecule has 1 rings (SSSR count). The van der Waals surface area contributed by atoms with Crippen molar-refractivity contribution in [2.75, 3.05) is 0 Å². The molecule has 0 aromatic heterocycles. The normalized spacial score (nSPS) is 11.8. The molecule has 0 fully saturated rings. The minimum absolute atomic E-state index is 0. The zero-order valence-corrected chi connectivity index (χ0v) is 9.10. The molecule has 0 bridgehead atoms. The molecule has 1 N–H and O–H groups in total. The van der Waals surface area contributed by atoms with Crippen molar-refractivity contribution in [1.82, 2.24) is 0 Å². The van der Waals surface area contributed by atoms with Gasteiger partial charge in [-0.3, -0.25) is 4.21 Å². The van der Waals surface area contributed by atoms with Gasteiger partial charge in [0.05, 0.1) is 0 Å². The minimum atomic E-state index is -2.45. The standard InChI is InChI=1S/C6H5FO3S.Na/c7-5-3-4(11(9)10)1-2-6(5)8;/h1-3,8H,(H,9,10);/q;+1/p-1. The maximum Gasteiger partial charge on any atom is 1.00 e. The van der Waals surface area contributed by atoms with Gasteiger partial charge in [-0.05, 0) is 29.3 Å². The number of aromatic hydroxyl groups is 1. The van der Waals surface area contributed by atoms with Crippen molar-refractivity contribution in [3.63, 3.8) is 0 Å². The number of hydrogen-bond donors (Lipinski definition) is 1. The molecule has 0 aliphatic heterocycles. The average Bonchev–Trinajstić information content (AvgIpc) is 1.94. The van der Waals surface area contributed by atoms with Crippen molar-refractivity contribution in [3.8, 4) is 5.75 Å². The molecule has 1 aromatic carbocycles. The topological polar surface area (TPSA) is 60.4 Å². The van der Waals surface area contributed by atoms with E-state index < -0.39 is 22.6 Å². The van der Waals surface area contributed by atoms with Crippen molar-refractivity contribution in [1.29, 1.82) is 0 Å². The molecule has 6 heteroatoms. The molecule has 1 unspecified atom stereocenters. The van der Waals surface area contributed by atoms with E-state index in [1.54, 1.807) is 0 Å². The van der Waals surface area contributed by atoms with Gasteiger partial charge in [0, 0.05) is 4.90 Å². The van der Waals surface area contributed by atoms with E-state index in [4.69, 9.17) is 5.11 Å². The van der Waals surface area contributed by atoms with Gasteiger partial charge in [0.15, 0.2) is 11.6 Å². The van der Waals surface area contributed by atoms with Crippen molar-refractivity contribution in [2.45, 2.75) is 4.90 Å². The second-order valence-electron chi connectivity index (χ2n) is 1.85. The predicted molar refractivity (Wildman–Crippen MR) is 35.3 cm³/mol. The van der Waals surface area contributed by atoms with Crippen LogP contribution < -0.4 is 29.6 Å². The first-order valence-corrected chi connectivity index (χ1v) is 3.76. The van der Waals surface area contributed by atoms with Crippen LogP contribution in [-0.4, -0.2) is 13.9 Å². The summed E-state index contributed by atoms with van der Waals surface area (Å²) >= 11 is -2.45. The molecule has 1 aromatic rings. The Balaban J connectivity index is 0.00000121. The third-order valence-electron chi connectivity index (χ3n) is 1.11. The van der Waals surface area contributed by atoms with Gasteiger partial charge in [0.25, 0.3) is 0 Å². The summed E-state index contributed by atoms with van der Waals surface area (Å²) in [5, 5.41) is 8.65. The third-order valence-corrected chi connectivity index (χ3v) is 1.75. The van der Waals surface area contributed by atoms with Crippen LogP contribution in [0, 0.1) is 5.82 Å². The fourth-order valence-corrected chi connectivity index (χ4v) is 0.970. The fraction of sp³-hybridized carbons (Fsp3) is 0. The van der Waals surface area contributed by atoms with Gasteiger partial charge in [0.2, 0.25) is 0 Å². The van der Waals surface area contributed by atoms with Crippen LogP contribution in [0.1, 0.15) is 0 Å². The molecule has 12 heavy (non-hydrogen) atoms. The van der Waals surface area contributed by atoms with E-state index in [2.05, 4.69) is 0 Å². The van der Waals surface area contributed by atoms with Crippen LogP contribution >= 0.6 is 0 Å². The Hall–Kier alpha value is 0.0600. The van der Waals surface area contributed by atoms with Gasteiger partial charge in [-0.25, -0.2) is 4.39 Å². The summed E-state index contributed by atoms with van der Waals surface area (Å²) in [4.78, 5) is -0.180. The molecule has 0 radical (unpaired) electrons. The van der Waals surface area contributed by atoms with Gasteiger partial charge < -0.3 is 9.66 Å². The Morgan fingerprint density at radius 2 is 2.08 bits per heavy atom. The first kappa shape index (κ1) is 12.1. The predicted octanol–water partition coefficient (Wildman–Crippen LogP) is -2.23. The first-order valence-electron chi connectivity index (χ1n) is 2.69. The number of hydrogen-bond acceptors (Lipinski definition) is 3. The molecule has 0 heterocycles. The second kappa shape index (κ2) is 4.94. The summed E-state index contributed by atoms with van der Waals surface area (Å²) in [6.07, 6.45) is 0. The monoisotopic (exact) mass is 198 g/mol. The van der Waals surface area contributed by atoms with Gasteiger partial charge in [-0.15, -0.1) is 0 Å². The number of halogens is 1. The number of benzene rings is 1. The second-order valence-corrected chi connectivity index (χ2v) is 2.79. The maximum absolute atomic E-state index is 12.4. The van der Waals surface area contributed by atoms with E-state index in [0.717, 1.165) is 18.2 Å². The van der Waals surface area contributed by atoms with Crippen LogP contribution in [0.4, 0.5) is 4.39 Å². The van der Waals surface area contributed by atoms with Crippen LogP contribution in [0.3, 0.4) is 0 Å². The van der Waals surface area contributed by atoms with Crippen LogP contribution in [0.5, 0.6) is 5.75 Å². The third kappa shape index (κ3) is 2.84. The summed E-state index contributed by atoms with van der Waals surface area (Å²) in [6.45, 7) is 0. The SMILES string of the molecule is O=S([O-])c1ccc(O)c(F)c1.[Na+]. The quantitative estimate of drug-likeness (QED) is 0.410. The van der Waals surface area contributed by atoms with E-state index in [1.807, 2.05) is 0 Å². The summed E-state index contributed by atoms with van der Waals surface area (Å²) in [5.74, 6) is -1.49. The largest absolute Gasteiger partial charge is 1.00 e. The number of phenols is 1. The zero-order chi connectivity index (χ0) is 8.43. The Morgan fingerprint density at radius 3 is 2.50 bits per heavy atom. The summed E-state index contributed by atoms with van der Waals surface area (Å²) in [5.41, 5.74) is 0. The molecule has 3 nitrogen and oxygen atoms in total. The van der Waals surface area contributed by atoms with Crippen LogP contribution in [0.2, 0.25) is 0 Å². The maximum atomic E-state index is 12.4. The average molecular weight is 198 g/mol. The fourth-order valence-electron chi connectivity index (χ4n) is 0.591. The molecule has 0 aliphatic rings. The molecule has 0 amide bonds. The van der Waals surface area contributed by atoms with Crippen LogP contribution in [0.15, 0.2) is 23.1 Å². The molecule has 0 spiro atoms. The Morgan fingerprint density at radius 1 is 1.50 bits per heavy atom. The first-order chi connectivity index (χ1) is 5.11. The van der Waals surface area contributed by atoms with E-state index in [-0.39, 0.29) is 34.5 Å². The Kier molecular flexibility index (Phi) is 4.96. The molecule has 1 atom stereocenters. The zero-order valence-electron chi connectivity index (χ0n) is 6.28. The van der Waals surface area contributed by atoms with Gasteiger partial charge in [0.1, 0.15) is 0 Å². The van der Waals surface area contributed by atoms with Gasteiger partial charge >= 0.3 is 29.6 Å². The van der Waals surface area contributed by atoms with Crippen LogP contribution in [0.25, 0.3) is 0 Å². The molecule has 60 valence electrons. The van der Waals surface area contributed by atoms with E-state index in [0.29, 0.717) is 0 Å². The van der Waals surface area contributed by atoms with Crippen molar-refractivity contribution in [3.05, 3.63) is 24.0 Å². The molecular weight excluding hydrogens is 194 g/mol. The summed E-state index contributed by atoms with van der Waals surface area (Å²) in [6, 6.07) is 2.85. The molecule has 0 aliphatic carbocycles. The molecule has 0 saturated carbocycles. The van der Waals surface area contributed by atoms with Gasteiger partial charge in [-0.1, -0.05) is 0 Å². The molecule has 0 saturated heterocycles. The van der Waals surface area contributed by atoms with Crippen molar-refractivity contribution >= 4 is 11.1 Å². The minimum Gasteiger partial charge on any atom is -0.768 e. The number of phenolic OH excluding ortho intramolecular Hbond substituents is 1. The molecular formula is C6H4FNaO3S.